The van der Waals surface area contributed by atoms with Gasteiger partial charge in [0, 0.05) is 37.9 Å². The van der Waals surface area contributed by atoms with Gasteiger partial charge in [-0.1, -0.05) is 12.1 Å². The van der Waals surface area contributed by atoms with Gasteiger partial charge in [-0.15, -0.1) is 0 Å². The van der Waals surface area contributed by atoms with Crippen LogP contribution in [0.3, 0.4) is 0 Å². The molecule has 1 aliphatic rings. The lowest BCUT2D eigenvalue weighted by Gasteiger charge is -2.35. The number of nitrogens with zero attached hydrogens (tertiary/aromatic N) is 2. The van der Waals surface area contributed by atoms with Gasteiger partial charge in [-0.05, 0) is 48.2 Å². The van der Waals surface area contributed by atoms with E-state index in [1.165, 1.54) is 22.7 Å². The van der Waals surface area contributed by atoms with Crippen LogP contribution in [0.4, 0.5) is 14.9 Å². The van der Waals surface area contributed by atoms with E-state index in [0.29, 0.717) is 42.7 Å². The highest BCUT2D eigenvalue weighted by molar-refractivity contribution is 7.88. The molecule has 3 rings (SSSR count). The number of piperidine rings is 1. The maximum atomic E-state index is 13.5. The zero-order chi connectivity index (χ0) is 21.2. The predicted octanol–water partition coefficient (Wildman–Crippen LogP) is 3.09. The van der Waals surface area contributed by atoms with Gasteiger partial charge < -0.3 is 15.3 Å². The third kappa shape index (κ3) is 5.24. The molecule has 1 saturated heterocycles. The van der Waals surface area contributed by atoms with Crippen molar-refractivity contribution in [2.45, 2.75) is 18.9 Å². The van der Waals surface area contributed by atoms with Gasteiger partial charge in [0.15, 0.2) is 0 Å². The number of carbonyl (C=O) groups is 1. The van der Waals surface area contributed by atoms with Crippen molar-refractivity contribution >= 4 is 21.7 Å². The Morgan fingerprint density at radius 1 is 1.14 bits per heavy atom. The Balaban J connectivity index is 1.60. The predicted molar refractivity (Wildman–Crippen MR) is 110 cm³/mol. The first-order valence-corrected chi connectivity index (χ1v) is 11.1. The molecular weight excluding hydrogens is 397 g/mol. The Morgan fingerprint density at radius 3 is 2.31 bits per heavy atom. The molecule has 1 fully saturated rings. The normalized spacial score (nSPS) is 15.8. The van der Waals surface area contributed by atoms with Gasteiger partial charge >= 0.3 is 6.03 Å². The number of carbonyl (C=O) groups excluding carboxylic acids is 1. The van der Waals surface area contributed by atoms with Crippen molar-refractivity contribution in [2.75, 3.05) is 31.7 Å². The molecule has 1 aliphatic heterocycles. The Kier molecular flexibility index (Phi) is 6.09. The number of hydrogen-bond acceptors (Lipinski definition) is 4. The second kappa shape index (κ2) is 8.38. The molecule has 156 valence electrons. The van der Waals surface area contributed by atoms with Gasteiger partial charge in [0.25, 0.3) is 0 Å². The zero-order valence-corrected chi connectivity index (χ0v) is 17.1. The van der Waals surface area contributed by atoms with E-state index < -0.39 is 15.8 Å². The Morgan fingerprint density at radius 2 is 1.76 bits per heavy atom. The van der Waals surface area contributed by atoms with Crippen molar-refractivity contribution in [2.24, 2.45) is 0 Å². The van der Waals surface area contributed by atoms with Crippen LogP contribution in [0.1, 0.15) is 12.8 Å². The van der Waals surface area contributed by atoms with E-state index in [0.717, 1.165) is 6.07 Å². The molecule has 0 unspecified atom stereocenters. The van der Waals surface area contributed by atoms with E-state index in [9.17, 15) is 22.7 Å². The Bertz CT molecular complexity index is 967. The quantitative estimate of drug-likeness (QED) is 0.794. The Hall–Kier alpha value is -2.65. The summed E-state index contributed by atoms with van der Waals surface area (Å²) in [5, 5.41) is 12.3. The van der Waals surface area contributed by atoms with E-state index in [2.05, 4.69) is 5.32 Å². The highest BCUT2D eigenvalue weighted by atomic mass is 32.2. The molecule has 0 spiro atoms. The number of rotatable bonds is 4. The number of nitrogens with one attached hydrogen (secondary N) is 1. The standard InChI is InChI=1S/C20H24FN3O4S/c1-23(18-7-9-24(10-8-18)29(2,27)28)20(26)22-17-5-3-14(4-6-17)15-11-16(21)13-19(25)12-15/h3-6,11-13,18,25H,7-10H2,1-2H3,(H,22,26). The summed E-state index contributed by atoms with van der Waals surface area (Å²) in [4.78, 5) is 14.1. The van der Waals surface area contributed by atoms with Crippen molar-refractivity contribution in [1.82, 2.24) is 9.21 Å². The highest BCUT2D eigenvalue weighted by Crippen LogP contribution is 2.26. The molecule has 2 N–H and O–H groups in total. The van der Waals surface area contributed by atoms with Gasteiger partial charge in [0.2, 0.25) is 10.0 Å². The maximum Gasteiger partial charge on any atom is 0.321 e. The highest BCUT2D eigenvalue weighted by Gasteiger charge is 2.29. The van der Waals surface area contributed by atoms with Crippen LogP contribution in [-0.4, -0.2) is 61.2 Å². The second-order valence-electron chi connectivity index (χ2n) is 7.21. The van der Waals surface area contributed by atoms with E-state index in [-0.39, 0.29) is 17.8 Å². The zero-order valence-electron chi connectivity index (χ0n) is 16.3. The number of aromatic hydroxyl groups is 1. The van der Waals surface area contributed by atoms with Gasteiger partial charge in [-0.2, -0.15) is 0 Å². The van der Waals surface area contributed by atoms with Crippen LogP contribution in [0.25, 0.3) is 11.1 Å². The molecule has 29 heavy (non-hydrogen) atoms. The van der Waals surface area contributed by atoms with E-state index in [1.54, 1.807) is 36.2 Å². The lowest BCUT2D eigenvalue weighted by molar-refractivity contribution is 0.174. The average Bonchev–Trinajstić information content (AvgIpc) is 2.66. The molecule has 0 aliphatic carbocycles. The number of anilines is 1. The third-order valence-corrected chi connectivity index (χ3v) is 6.42. The number of amides is 2. The van der Waals surface area contributed by atoms with Crippen molar-refractivity contribution in [3.8, 4) is 16.9 Å². The van der Waals surface area contributed by atoms with E-state index in [1.807, 2.05) is 0 Å². The van der Waals surface area contributed by atoms with Crippen LogP contribution < -0.4 is 5.32 Å². The molecule has 1 heterocycles. The number of urea groups is 1. The number of halogens is 1. The molecule has 2 amide bonds. The van der Waals surface area contributed by atoms with Crippen LogP contribution in [0.15, 0.2) is 42.5 Å². The first-order chi connectivity index (χ1) is 13.6. The largest absolute Gasteiger partial charge is 0.508 e. The summed E-state index contributed by atoms with van der Waals surface area (Å²) in [6, 6.07) is 10.4. The van der Waals surface area contributed by atoms with Gasteiger partial charge in [-0.25, -0.2) is 21.9 Å². The molecular formula is C20H24FN3O4S. The first kappa shape index (κ1) is 21.1. The van der Waals surface area contributed by atoms with E-state index in [4.69, 9.17) is 0 Å². The molecule has 0 aromatic heterocycles. The minimum absolute atomic E-state index is 0.0393. The molecule has 2 aromatic carbocycles. The molecule has 0 bridgehead atoms. The monoisotopic (exact) mass is 421 g/mol. The van der Waals surface area contributed by atoms with Crippen molar-refractivity contribution in [1.29, 1.82) is 0 Å². The number of phenols is 1. The van der Waals surface area contributed by atoms with Gasteiger partial charge in [-0.3, -0.25) is 0 Å². The average molecular weight is 421 g/mol. The maximum absolute atomic E-state index is 13.5. The molecule has 2 aromatic rings. The molecule has 0 saturated carbocycles. The minimum atomic E-state index is -3.20. The van der Waals surface area contributed by atoms with Crippen LogP contribution in [0, 0.1) is 5.82 Å². The van der Waals surface area contributed by atoms with Crippen molar-refractivity contribution in [3.63, 3.8) is 0 Å². The molecule has 0 atom stereocenters. The second-order valence-corrected chi connectivity index (χ2v) is 9.19. The number of phenolic OH excluding ortho intramolecular Hbond substituents is 1. The van der Waals surface area contributed by atoms with Crippen LogP contribution in [-0.2, 0) is 10.0 Å². The summed E-state index contributed by atoms with van der Waals surface area (Å²) in [6.45, 7) is 0.798. The van der Waals surface area contributed by atoms with Crippen LogP contribution in [0.2, 0.25) is 0 Å². The van der Waals surface area contributed by atoms with Crippen LogP contribution >= 0.6 is 0 Å². The van der Waals surface area contributed by atoms with Gasteiger partial charge in [0.05, 0.1) is 6.26 Å². The fraction of sp³-hybridized carbons (Fsp3) is 0.350. The summed E-state index contributed by atoms with van der Waals surface area (Å²) in [7, 11) is -1.51. The minimum Gasteiger partial charge on any atom is -0.508 e. The summed E-state index contributed by atoms with van der Waals surface area (Å²) >= 11 is 0. The van der Waals surface area contributed by atoms with Crippen LogP contribution in [0.5, 0.6) is 5.75 Å². The summed E-state index contributed by atoms with van der Waals surface area (Å²) < 4.78 is 38.1. The fourth-order valence-corrected chi connectivity index (χ4v) is 4.30. The van der Waals surface area contributed by atoms with Gasteiger partial charge in [0.1, 0.15) is 11.6 Å². The number of sulfonamides is 1. The number of benzene rings is 2. The lowest BCUT2D eigenvalue weighted by atomic mass is 10.0. The summed E-state index contributed by atoms with van der Waals surface area (Å²) in [6.07, 6.45) is 2.36. The van der Waals surface area contributed by atoms with Crippen molar-refractivity contribution in [3.05, 3.63) is 48.3 Å². The lowest BCUT2D eigenvalue weighted by Crippen LogP contribution is -2.48. The third-order valence-electron chi connectivity index (χ3n) is 5.11. The first-order valence-electron chi connectivity index (χ1n) is 9.22. The molecule has 0 radical (unpaired) electrons. The smallest absolute Gasteiger partial charge is 0.321 e. The molecule has 7 nitrogen and oxygen atoms in total. The van der Waals surface area contributed by atoms with Crippen molar-refractivity contribution < 1.29 is 22.7 Å². The summed E-state index contributed by atoms with van der Waals surface area (Å²) in [5.41, 5.74) is 1.83. The molecule has 9 heteroatoms. The Labute approximate surface area is 169 Å². The number of hydrogen-bond donors (Lipinski definition) is 2. The SMILES string of the molecule is CN(C(=O)Nc1ccc(-c2cc(O)cc(F)c2)cc1)C1CCN(S(C)(=O)=O)CC1. The topological polar surface area (TPSA) is 90.0 Å². The summed E-state index contributed by atoms with van der Waals surface area (Å²) in [5.74, 6) is -0.679. The van der Waals surface area contributed by atoms with E-state index >= 15 is 0 Å². The fourth-order valence-electron chi connectivity index (χ4n) is 3.43.